The Morgan fingerprint density at radius 2 is 2.16 bits per heavy atom. The molecule has 1 N–H and O–H groups in total. The smallest absolute Gasteiger partial charge is 0.213 e. The zero-order valence-corrected chi connectivity index (χ0v) is 10.8. The topological polar surface area (TPSA) is 49.2 Å². The van der Waals surface area contributed by atoms with Crippen LogP contribution < -0.4 is 4.74 Å². The molecule has 0 saturated heterocycles. The lowest BCUT2D eigenvalue weighted by Gasteiger charge is -2.18. The van der Waals surface area contributed by atoms with E-state index in [1.807, 2.05) is 30.3 Å². The van der Waals surface area contributed by atoms with Crippen molar-refractivity contribution in [1.29, 1.82) is 5.41 Å². The van der Waals surface area contributed by atoms with Gasteiger partial charge in [0.05, 0.1) is 7.11 Å². The van der Waals surface area contributed by atoms with Gasteiger partial charge in [-0.25, -0.2) is 4.98 Å². The number of pyridine rings is 1. The molecule has 1 aromatic carbocycles. The quantitative estimate of drug-likeness (QED) is 0.914. The van der Waals surface area contributed by atoms with E-state index in [0.29, 0.717) is 18.3 Å². The summed E-state index contributed by atoms with van der Waals surface area (Å²) in [4.78, 5) is 6.15. The molecule has 4 nitrogen and oxygen atoms in total. The highest BCUT2D eigenvalue weighted by Crippen LogP contribution is 2.24. The summed E-state index contributed by atoms with van der Waals surface area (Å²) in [5.74, 6) is 1.20. The van der Waals surface area contributed by atoms with Crippen LogP contribution in [-0.4, -0.2) is 22.8 Å². The lowest BCUT2D eigenvalue weighted by molar-refractivity contribution is 0.392. The van der Waals surface area contributed by atoms with Gasteiger partial charge in [-0.1, -0.05) is 24.3 Å². The first-order valence-electron chi connectivity index (χ1n) is 6.18. The van der Waals surface area contributed by atoms with Crippen LogP contribution in [0.1, 0.15) is 16.7 Å². The van der Waals surface area contributed by atoms with Crippen LogP contribution in [0.25, 0.3) is 0 Å². The van der Waals surface area contributed by atoms with Gasteiger partial charge < -0.3 is 9.64 Å². The summed E-state index contributed by atoms with van der Waals surface area (Å²) in [7, 11) is 1.61. The Morgan fingerprint density at radius 3 is 2.95 bits per heavy atom. The normalized spacial score (nSPS) is 13.5. The van der Waals surface area contributed by atoms with Crippen molar-refractivity contribution in [2.75, 3.05) is 7.11 Å². The summed E-state index contributed by atoms with van der Waals surface area (Å²) in [6.07, 6.45) is 1.74. The van der Waals surface area contributed by atoms with Crippen molar-refractivity contribution in [3.05, 3.63) is 59.3 Å². The van der Waals surface area contributed by atoms with Crippen LogP contribution in [0.15, 0.2) is 42.6 Å². The third kappa shape index (κ3) is 2.17. The maximum atomic E-state index is 8.21. The highest BCUT2D eigenvalue weighted by atomic mass is 16.5. The zero-order chi connectivity index (χ0) is 13.2. The third-order valence-corrected chi connectivity index (χ3v) is 3.33. The van der Waals surface area contributed by atoms with E-state index in [0.717, 1.165) is 17.7 Å². The maximum absolute atomic E-state index is 8.21. The number of aromatic nitrogens is 1. The molecule has 96 valence electrons. The molecule has 1 aromatic heterocycles. The Kier molecular flexibility index (Phi) is 2.91. The van der Waals surface area contributed by atoms with Crippen LogP contribution in [0.5, 0.6) is 5.88 Å². The number of fused-ring (bicyclic) bond motifs is 1. The molecule has 0 saturated carbocycles. The first-order chi connectivity index (χ1) is 9.28. The van der Waals surface area contributed by atoms with E-state index >= 15 is 0 Å². The molecule has 2 heterocycles. The lowest BCUT2D eigenvalue weighted by atomic mass is 10.1. The molecular formula is C15H15N3O. The molecule has 1 aliphatic heterocycles. The lowest BCUT2D eigenvalue weighted by Crippen LogP contribution is -2.23. The maximum Gasteiger partial charge on any atom is 0.213 e. The van der Waals surface area contributed by atoms with Gasteiger partial charge in [0, 0.05) is 30.9 Å². The zero-order valence-electron chi connectivity index (χ0n) is 10.8. The molecular weight excluding hydrogens is 238 g/mol. The van der Waals surface area contributed by atoms with Crippen molar-refractivity contribution < 1.29 is 4.74 Å². The predicted molar refractivity (Wildman–Crippen MR) is 73.3 cm³/mol. The highest BCUT2D eigenvalue weighted by molar-refractivity contribution is 6.00. The summed E-state index contributed by atoms with van der Waals surface area (Å²) in [6, 6.07) is 12.0. The molecule has 3 rings (SSSR count). The van der Waals surface area contributed by atoms with Crippen LogP contribution in [0.3, 0.4) is 0 Å². The second-order valence-electron chi connectivity index (χ2n) is 4.57. The number of benzene rings is 1. The average molecular weight is 253 g/mol. The van der Waals surface area contributed by atoms with Crippen molar-refractivity contribution >= 4 is 5.84 Å². The van der Waals surface area contributed by atoms with Gasteiger partial charge in [-0.15, -0.1) is 0 Å². The van der Waals surface area contributed by atoms with Crippen molar-refractivity contribution in [2.24, 2.45) is 0 Å². The first-order valence-corrected chi connectivity index (χ1v) is 6.18. The Hall–Kier alpha value is -2.36. The summed E-state index contributed by atoms with van der Waals surface area (Å²) >= 11 is 0. The van der Waals surface area contributed by atoms with Crippen molar-refractivity contribution in [3.8, 4) is 5.88 Å². The summed E-state index contributed by atoms with van der Waals surface area (Å²) < 4.78 is 5.12. The number of rotatable bonds is 3. The molecule has 4 heteroatoms. The summed E-state index contributed by atoms with van der Waals surface area (Å²) in [5, 5.41) is 8.21. The van der Waals surface area contributed by atoms with Crippen LogP contribution >= 0.6 is 0 Å². The molecule has 0 fully saturated rings. The van der Waals surface area contributed by atoms with Crippen LogP contribution in [0.4, 0.5) is 0 Å². The van der Waals surface area contributed by atoms with Crippen molar-refractivity contribution in [2.45, 2.75) is 13.1 Å². The largest absolute Gasteiger partial charge is 0.481 e. The number of nitrogens with zero attached hydrogens (tertiary/aromatic N) is 2. The minimum Gasteiger partial charge on any atom is -0.481 e. The van der Waals surface area contributed by atoms with Gasteiger partial charge in [0.1, 0.15) is 5.84 Å². The fourth-order valence-corrected chi connectivity index (χ4v) is 2.36. The number of hydrogen-bond acceptors (Lipinski definition) is 3. The van der Waals surface area contributed by atoms with E-state index in [9.17, 15) is 0 Å². The molecule has 0 atom stereocenters. The van der Waals surface area contributed by atoms with Crippen molar-refractivity contribution in [1.82, 2.24) is 9.88 Å². The van der Waals surface area contributed by atoms with Gasteiger partial charge >= 0.3 is 0 Å². The molecule has 0 radical (unpaired) electrons. The first kappa shape index (κ1) is 11.7. The Morgan fingerprint density at radius 1 is 1.32 bits per heavy atom. The average Bonchev–Trinajstić information content (AvgIpc) is 2.76. The molecule has 0 bridgehead atoms. The van der Waals surface area contributed by atoms with Crippen LogP contribution in [0.2, 0.25) is 0 Å². The van der Waals surface area contributed by atoms with E-state index in [4.69, 9.17) is 10.1 Å². The number of amidine groups is 1. The second-order valence-corrected chi connectivity index (χ2v) is 4.57. The molecule has 0 amide bonds. The molecule has 0 aliphatic carbocycles. The van der Waals surface area contributed by atoms with E-state index < -0.39 is 0 Å². The van der Waals surface area contributed by atoms with Gasteiger partial charge in [0.25, 0.3) is 0 Å². The minimum absolute atomic E-state index is 0.589. The van der Waals surface area contributed by atoms with Gasteiger partial charge in [-0.05, 0) is 17.2 Å². The fourth-order valence-electron chi connectivity index (χ4n) is 2.36. The Balaban J connectivity index is 1.81. The van der Waals surface area contributed by atoms with Gasteiger partial charge in [-0.3, -0.25) is 5.41 Å². The molecule has 0 spiro atoms. The number of nitrogens with one attached hydrogen (secondary N) is 1. The monoisotopic (exact) mass is 253 g/mol. The summed E-state index contributed by atoms with van der Waals surface area (Å²) in [6.45, 7) is 1.49. The van der Waals surface area contributed by atoms with E-state index in [1.165, 1.54) is 5.56 Å². The standard InChI is InChI=1S/C15H15N3O/c1-19-14-8-11(6-7-17-14)9-18-10-12-4-2-3-5-13(12)15(18)16/h2-8,16H,9-10H2,1H3. The number of methoxy groups -OCH3 is 1. The number of hydrogen-bond donors (Lipinski definition) is 1. The van der Waals surface area contributed by atoms with E-state index in [1.54, 1.807) is 13.3 Å². The predicted octanol–water partition coefficient (Wildman–Crippen LogP) is 2.43. The summed E-state index contributed by atoms with van der Waals surface area (Å²) in [5.41, 5.74) is 3.35. The van der Waals surface area contributed by atoms with Gasteiger partial charge in [-0.2, -0.15) is 0 Å². The van der Waals surface area contributed by atoms with E-state index in [-0.39, 0.29) is 0 Å². The molecule has 2 aromatic rings. The number of ether oxygens (including phenoxy) is 1. The second kappa shape index (κ2) is 4.72. The van der Waals surface area contributed by atoms with Crippen LogP contribution in [0, 0.1) is 5.41 Å². The molecule has 0 unspecified atom stereocenters. The van der Waals surface area contributed by atoms with Crippen molar-refractivity contribution in [3.63, 3.8) is 0 Å². The van der Waals surface area contributed by atoms with Gasteiger partial charge in [0.15, 0.2) is 0 Å². The van der Waals surface area contributed by atoms with E-state index in [2.05, 4.69) is 16.0 Å². The Bertz CT molecular complexity index is 624. The van der Waals surface area contributed by atoms with Crippen LogP contribution in [-0.2, 0) is 13.1 Å². The van der Waals surface area contributed by atoms with Gasteiger partial charge in [0.2, 0.25) is 5.88 Å². The highest BCUT2D eigenvalue weighted by Gasteiger charge is 2.23. The molecule has 19 heavy (non-hydrogen) atoms. The SMILES string of the molecule is COc1cc(CN2Cc3ccccc3C2=N)ccn1. The fraction of sp³-hybridized carbons (Fsp3) is 0.200. The minimum atomic E-state index is 0.589. The Labute approximate surface area is 112 Å². The molecule has 1 aliphatic rings. The third-order valence-electron chi connectivity index (χ3n) is 3.33.